The Labute approximate surface area is 385 Å². The zero-order chi connectivity index (χ0) is 47.3. The second-order valence-electron chi connectivity index (χ2n) is 16.6. The van der Waals surface area contributed by atoms with Crippen LogP contribution in [-0.2, 0) is 12.4 Å². The molecule has 2 aliphatic rings. The van der Waals surface area contributed by atoms with Crippen molar-refractivity contribution in [2.75, 3.05) is 10.6 Å². The van der Waals surface area contributed by atoms with Crippen LogP contribution in [0.1, 0.15) is 133 Å². The Hall–Kier alpha value is -2.59. The first-order valence-corrected chi connectivity index (χ1v) is 31.3. The largest absolute Gasteiger partial charge is 0.434 e. The number of hydrogen-bond donors (Lipinski definition) is 2. The van der Waals surface area contributed by atoms with Crippen LogP contribution in [0, 0.1) is 13.8 Å². The van der Waals surface area contributed by atoms with E-state index in [1.165, 1.54) is 16.7 Å². The third-order valence-corrected chi connectivity index (χ3v) is 30.8. The van der Waals surface area contributed by atoms with Crippen molar-refractivity contribution < 1.29 is 43.9 Å². The number of halogens is 11. The van der Waals surface area contributed by atoms with Crippen molar-refractivity contribution in [2.24, 2.45) is 0 Å². The van der Waals surface area contributed by atoms with Gasteiger partial charge in [-0.3, -0.25) is 0 Å². The molecular formula is C42H57ClF10N8S2Sn. The second kappa shape index (κ2) is 23.9. The Morgan fingerprint density at radius 3 is 1.45 bits per heavy atom. The topological polar surface area (TPSA) is 101 Å². The number of alkyl halides is 10. The fourth-order valence-electron chi connectivity index (χ4n) is 7.53. The molecule has 64 heavy (non-hydrogen) atoms. The van der Waals surface area contributed by atoms with Crippen LogP contribution < -0.4 is 13.7 Å². The summed E-state index contributed by atoms with van der Waals surface area (Å²) in [6.07, 6.45) is -1.03. The Bertz CT molecular complexity index is 1990. The Morgan fingerprint density at radius 1 is 0.625 bits per heavy atom. The van der Waals surface area contributed by atoms with Crippen molar-refractivity contribution in [3.8, 4) is 10.8 Å². The maximum Gasteiger partial charge on any atom is 0.434 e. The first kappa shape index (κ1) is 54.0. The number of rotatable bonds is 15. The molecule has 0 amide bonds. The summed E-state index contributed by atoms with van der Waals surface area (Å²) in [5.74, 6) is -4.03. The number of aromatic nitrogens is 6. The summed E-state index contributed by atoms with van der Waals surface area (Å²) in [4.78, 5) is 23.9. The first-order valence-electron chi connectivity index (χ1n) is 21.7. The maximum absolute atomic E-state index is 13.2. The predicted molar refractivity (Wildman–Crippen MR) is 238 cm³/mol. The number of unbranched alkanes of at least 4 members (excludes halogenated alkanes) is 3. The molecule has 4 aromatic heterocycles. The summed E-state index contributed by atoms with van der Waals surface area (Å²) in [5, 5.41) is 8.60. The molecule has 0 atom stereocenters. The average Bonchev–Trinajstić information content (AvgIpc) is 3.92. The van der Waals surface area contributed by atoms with E-state index in [0.717, 1.165) is 77.3 Å². The van der Waals surface area contributed by atoms with Gasteiger partial charge in [0.05, 0.1) is 0 Å². The van der Waals surface area contributed by atoms with Gasteiger partial charge in [0.1, 0.15) is 11.6 Å². The molecule has 8 nitrogen and oxygen atoms in total. The van der Waals surface area contributed by atoms with E-state index in [2.05, 4.69) is 61.3 Å². The molecule has 4 aromatic rings. The van der Waals surface area contributed by atoms with Crippen LogP contribution in [-0.4, -0.2) is 72.2 Å². The fraction of sp³-hybridized carbons (Fsp3) is 0.667. The van der Waals surface area contributed by atoms with Crippen molar-refractivity contribution in [3.05, 3.63) is 51.0 Å². The van der Waals surface area contributed by atoms with E-state index in [0.29, 0.717) is 43.0 Å². The van der Waals surface area contributed by atoms with Crippen LogP contribution in [0.2, 0.25) is 18.6 Å². The summed E-state index contributed by atoms with van der Waals surface area (Å²) in [5.41, 5.74) is -0.342. The Balaban J connectivity index is 0.000000214. The molecule has 2 saturated carbocycles. The van der Waals surface area contributed by atoms with Crippen LogP contribution >= 0.6 is 34.3 Å². The summed E-state index contributed by atoms with van der Waals surface area (Å²) in [6, 6.07) is 3.29. The van der Waals surface area contributed by atoms with Crippen molar-refractivity contribution in [1.82, 2.24) is 29.9 Å². The molecule has 2 N–H and O–H groups in total. The minimum atomic E-state index is -4.52. The minimum absolute atomic E-state index is 0.0417. The van der Waals surface area contributed by atoms with Gasteiger partial charge in [-0.15, -0.1) is 11.3 Å². The molecule has 2 aliphatic carbocycles. The van der Waals surface area contributed by atoms with Crippen LogP contribution in [0.3, 0.4) is 0 Å². The van der Waals surface area contributed by atoms with Crippen molar-refractivity contribution in [2.45, 2.75) is 174 Å². The normalized spacial score (nSPS) is 16.9. The predicted octanol–water partition coefficient (Wildman–Crippen LogP) is 14.6. The van der Waals surface area contributed by atoms with Crippen molar-refractivity contribution >= 4 is 67.3 Å². The van der Waals surface area contributed by atoms with E-state index in [-0.39, 0.29) is 53.9 Å². The number of nitrogens with one attached hydrogen (secondary N) is 2. The Morgan fingerprint density at radius 2 is 1.05 bits per heavy atom. The van der Waals surface area contributed by atoms with Crippen molar-refractivity contribution in [1.29, 1.82) is 0 Å². The molecule has 0 bridgehead atoms. The molecule has 6 rings (SSSR count). The summed E-state index contributed by atoms with van der Waals surface area (Å²) >= 11 is 5.07. The van der Waals surface area contributed by atoms with E-state index >= 15 is 0 Å². The number of thiazole rings is 2. The van der Waals surface area contributed by atoms with Gasteiger partial charge in [-0.2, -0.15) is 13.2 Å². The molecule has 0 saturated heterocycles. The molecule has 0 aromatic carbocycles. The second-order valence-corrected chi connectivity index (χ2v) is 32.6. The van der Waals surface area contributed by atoms with Gasteiger partial charge in [0.25, 0.3) is 0 Å². The first-order chi connectivity index (χ1) is 30.0. The standard InChI is InChI=1S/C15H15F5N4S.C11H14ClF2N3.C4HF3NS.3C4H9.Sn/c1-8-6-11(22-9-2-4-14(16,17)5-3-9)24-12(21-8)13-23-10(7-25-13)15(18,19)20;1-7-6-9(17-10(12)15-7)16-8-2-4-11(13,14)5-3-8;5-4(6,7)3-1-9-2-8-3;3*1-3-4-2;/h6-7,9H,2-5H2,1H3,(H,21,22,24);6,8H,2-5H2,1H3,(H,15,16,17);1H;3*1,3-4H2,2H3;. The zero-order valence-corrected chi connectivity index (χ0v) is 41.9. The summed E-state index contributed by atoms with van der Waals surface area (Å²) in [6.45, 7) is 10.00. The molecule has 0 aliphatic heterocycles. The Kier molecular flexibility index (Phi) is 20.2. The SMILES string of the molecule is CCC[CH2][Sn]([CH2]CCC)([CH2]CCC)[c]1nc(C(F)(F)F)cs1.Cc1cc(NC2CCC(F)(F)CC2)nc(-c2nc(C(F)(F)F)cs2)n1.Cc1cc(NC2CCC(F)(F)CC2)nc(Cl)n1. The maximum atomic E-state index is 13.2. The van der Waals surface area contributed by atoms with Gasteiger partial charge in [0, 0.05) is 66.7 Å². The van der Waals surface area contributed by atoms with Crippen LogP contribution in [0.25, 0.3) is 10.8 Å². The third kappa shape index (κ3) is 17.2. The number of nitrogens with zero attached hydrogens (tertiary/aromatic N) is 6. The van der Waals surface area contributed by atoms with Crippen LogP contribution in [0.5, 0.6) is 0 Å². The molecule has 0 radical (unpaired) electrons. The van der Waals surface area contributed by atoms with Gasteiger partial charge < -0.3 is 10.6 Å². The van der Waals surface area contributed by atoms with E-state index in [1.807, 2.05) is 6.92 Å². The number of anilines is 2. The minimum Gasteiger partial charge on any atom is -0.367 e. The molecule has 0 spiro atoms. The van der Waals surface area contributed by atoms with E-state index in [4.69, 9.17) is 11.6 Å². The number of aryl methyl sites for hydroxylation is 2. The van der Waals surface area contributed by atoms with Gasteiger partial charge in [0.2, 0.25) is 17.1 Å². The smallest absolute Gasteiger partial charge is 0.367 e. The third-order valence-electron chi connectivity index (χ3n) is 11.1. The van der Waals surface area contributed by atoms with E-state index in [1.54, 1.807) is 19.1 Å². The average molecular weight is 1080 g/mol. The van der Waals surface area contributed by atoms with Gasteiger partial charge in [-0.1, -0.05) is 0 Å². The number of hydrogen-bond acceptors (Lipinski definition) is 10. The molecule has 4 heterocycles. The molecule has 358 valence electrons. The fourth-order valence-corrected chi connectivity index (χ4v) is 27.8. The van der Waals surface area contributed by atoms with Gasteiger partial charge in [-0.05, 0) is 51.1 Å². The molecule has 2 fully saturated rings. The van der Waals surface area contributed by atoms with Crippen LogP contribution in [0.4, 0.5) is 55.5 Å². The summed E-state index contributed by atoms with van der Waals surface area (Å²) < 4.78 is 134. The van der Waals surface area contributed by atoms with Gasteiger partial charge in [-0.25, -0.2) is 42.5 Å². The van der Waals surface area contributed by atoms with E-state index in [9.17, 15) is 43.9 Å². The summed E-state index contributed by atoms with van der Waals surface area (Å²) in [7, 11) is 0. The monoisotopic (exact) mass is 1080 g/mol. The molecular weight excluding hydrogens is 1020 g/mol. The quantitative estimate of drug-likeness (QED) is 0.0690. The van der Waals surface area contributed by atoms with Gasteiger partial charge in [0.15, 0.2) is 16.5 Å². The van der Waals surface area contributed by atoms with Gasteiger partial charge >= 0.3 is 147 Å². The molecule has 22 heteroatoms. The van der Waals surface area contributed by atoms with E-state index < -0.39 is 54.0 Å². The van der Waals surface area contributed by atoms with Crippen molar-refractivity contribution in [3.63, 3.8) is 0 Å². The molecule has 0 unspecified atom stereocenters. The zero-order valence-electron chi connectivity index (χ0n) is 36.6. The van der Waals surface area contributed by atoms with Crippen LogP contribution in [0.15, 0.2) is 22.9 Å².